The van der Waals surface area contributed by atoms with Gasteiger partial charge in [0.15, 0.2) is 0 Å². The van der Waals surface area contributed by atoms with Crippen molar-refractivity contribution < 1.29 is 24.3 Å². The Morgan fingerprint density at radius 1 is 1.11 bits per heavy atom. The Bertz CT molecular complexity index is 671. The Labute approximate surface area is 168 Å². The van der Waals surface area contributed by atoms with Crippen LogP contribution in [-0.2, 0) is 14.1 Å². The summed E-state index contributed by atoms with van der Waals surface area (Å²) in [5.41, 5.74) is -0.949. The normalized spacial score (nSPS) is 56.3. The standard InChI is InChI=1S/C22H35BO5/c1-20-8-6-14(24)10-13(20)4-5-15-16-7-9-22(18(26)12-27-23(3)28-22)21(16,2)11-17(25)19(15)20/h13-16,18-19,24,26H,4-12H2,1-3H3. The average Bonchev–Trinajstić information content (AvgIpc) is 2.91. The van der Waals surface area contributed by atoms with Crippen molar-refractivity contribution in [1.29, 1.82) is 0 Å². The molecule has 5 fully saturated rings. The number of aliphatic hydroxyl groups excluding tert-OH is 2. The number of Topliss-reactive ketones (excluding diaryl/α,β-unsaturated/α-hetero) is 1. The minimum absolute atomic E-state index is 0.0265. The van der Waals surface area contributed by atoms with Gasteiger partial charge < -0.3 is 19.5 Å². The van der Waals surface area contributed by atoms with Gasteiger partial charge in [-0.3, -0.25) is 4.79 Å². The molecule has 4 saturated carbocycles. The molecule has 5 nitrogen and oxygen atoms in total. The van der Waals surface area contributed by atoms with E-state index < -0.39 is 11.7 Å². The van der Waals surface area contributed by atoms with E-state index in [9.17, 15) is 15.0 Å². The molecule has 0 aromatic carbocycles. The highest BCUT2D eigenvalue weighted by atomic mass is 16.6. The van der Waals surface area contributed by atoms with Crippen LogP contribution in [0.2, 0.25) is 6.82 Å². The molecule has 1 heterocycles. The summed E-state index contributed by atoms with van der Waals surface area (Å²) >= 11 is 0. The molecule has 156 valence electrons. The molecule has 4 aliphatic carbocycles. The first-order valence-corrected chi connectivity index (χ1v) is 11.4. The number of carbonyl (C=O) groups excluding carboxylic acids is 1. The number of ketones is 1. The van der Waals surface area contributed by atoms with Crippen LogP contribution in [0.25, 0.3) is 0 Å². The van der Waals surface area contributed by atoms with Crippen LogP contribution in [0.3, 0.4) is 0 Å². The Kier molecular flexibility index (Phi) is 4.39. The molecule has 0 bridgehead atoms. The molecule has 9 atom stereocenters. The average molecular weight is 390 g/mol. The van der Waals surface area contributed by atoms with Gasteiger partial charge in [-0.2, -0.15) is 0 Å². The number of hydrogen-bond donors (Lipinski definition) is 2. The van der Waals surface area contributed by atoms with Gasteiger partial charge in [0.1, 0.15) is 11.9 Å². The molecule has 28 heavy (non-hydrogen) atoms. The van der Waals surface area contributed by atoms with Crippen molar-refractivity contribution in [3.05, 3.63) is 0 Å². The Hall–Kier alpha value is -0.425. The zero-order chi connectivity index (χ0) is 19.9. The van der Waals surface area contributed by atoms with E-state index in [-0.39, 0.29) is 30.0 Å². The topological polar surface area (TPSA) is 76.0 Å². The highest BCUT2D eigenvalue weighted by Crippen LogP contribution is 2.68. The van der Waals surface area contributed by atoms with Crippen LogP contribution < -0.4 is 0 Å². The van der Waals surface area contributed by atoms with Gasteiger partial charge in [0.25, 0.3) is 0 Å². The van der Waals surface area contributed by atoms with Crippen LogP contribution >= 0.6 is 0 Å². The van der Waals surface area contributed by atoms with E-state index in [2.05, 4.69) is 13.8 Å². The lowest BCUT2D eigenvalue weighted by Gasteiger charge is -2.62. The van der Waals surface area contributed by atoms with Crippen LogP contribution in [0.15, 0.2) is 0 Å². The molecule has 1 aliphatic heterocycles. The first-order valence-electron chi connectivity index (χ1n) is 11.4. The SMILES string of the molecule is CB1OCC(O)C2(CCC3C4CCC5CC(O)CCC5(C)C4C(=O)CC32C)O1. The van der Waals surface area contributed by atoms with Crippen molar-refractivity contribution in [1.82, 2.24) is 0 Å². The molecule has 1 spiro atoms. The van der Waals surface area contributed by atoms with Crippen LogP contribution in [0.5, 0.6) is 0 Å². The van der Waals surface area contributed by atoms with Crippen molar-refractivity contribution in [2.45, 2.75) is 89.8 Å². The second kappa shape index (κ2) is 6.29. The lowest BCUT2D eigenvalue weighted by atomic mass is 9.43. The molecule has 2 N–H and O–H groups in total. The van der Waals surface area contributed by atoms with E-state index in [0.717, 1.165) is 44.9 Å². The second-order valence-corrected chi connectivity index (χ2v) is 11.0. The van der Waals surface area contributed by atoms with Crippen molar-refractivity contribution in [2.75, 3.05) is 6.61 Å². The zero-order valence-corrected chi connectivity index (χ0v) is 17.5. The summed E-state index contributed by atoms with van der Waals surface area (Å²) in [7, 11) is -0.333. The quantitative estimate of drug-likeness (QED) is 0.622. The van der Waals surface area contributed by atoms with Gasteiger partial charge >= 0.3 is 7.12 Å². The third-order valence-electron chi connectivity index (χ3n) is 9.91. The van der Waals surface area contributed by atoms with Gasteiger partial charge in [0.05, 0.1) is 18.3 Å². The summed E-state index contributed by atoms with van der Waals surface area (Å²) in [4.78, 5) is 13.7. The van der Waals surface area contributed by atoms with E-state index in [1.807, 2.05) is 6.82 Å². The second-order valence-electron chi connectivity index (χ2n) is 11.0. The van der Waals surface area contributed by atoms with E-state index >= 15 is 0 Å². The van der Waals surface area contributed by atoms with Gasteiger partial charge in [-0.25, -0.2) is 0 Å². The minimum atomic E-state index is -0.667. The fourth-order valence-electron chi connectivity index (χ4n) is 8.58. The maximum Gasteiger partial charge on any atom is 0.454 e. The maximum absolute atomic E-state index is 13.7. The van der Waals surface area contributed by atoms with Crippen LogP contribution in [0, 0.1) is 34.5 Å². The molecule has 5 rings (SSSR count). The molecule has 5 aliphatic rings. The third kappa shape index (κ3) is 2.38. The van der Waals surface area contributed by atoms with Gasteiger partial charge in [-0.1, -0.05) is 13.8 Å². The number of rotatable bonds is 0. The molecule has 0 amide bonds. The minimum Gasteiger partial charge on any atom is -0.408 e. The van der Waals surface area contributed by atoms with Gasteiger partial charge in [0, 0.05) is 17.8 Å². The van der Waals surface area contributed by atoms with Gasteiger partial charge in [0.2, 0.25) is 0 Å². The van der Waals surface area contributed by atoms with Crippen molar-refractivity contribution in [3.8, 4) is 0 Å². The highest BCUT2D eigenvalue weighted by Gasteiger charge is 2.70. The Morgan fingerprint density at radius 2 is 1.89 bits per heavy atom. The first kappa shape index (κ1) is 19.5. The molecular formula is C22H35BO5. The third-order valence-corrected chi connectivity index (χ3v) is 9.91. The van der Waals surface area contributed by atoms with Crippen LogP contribution in [0.1, 0.15) is 65.2 Å². The predicted molar refractivity (Wildman–Crippen MR) is 106 cm³/mol. The fraction of sp³-hybridized carbons (Fsp3) is 0.955. The molecular weight excluding hydrogens is 355 g/mol. The maximum atomic E-state index is 13.7. The van der Waals surface area contributed by atoms with E-state index in [1.165, 1.54) is 0 Å². The monoisotopic (exact) mass is 390 g/mol. The van der Waals surface area contributed by atoms with Crippen molar-refractivity contribution in [3.63, 3.8) is 0 Å². The van der Waals surface area contributed by atoms with Gasteiger partial charge in [-0.15, -0.1) is 0 Å². The largest absolute Gasteiger partial charge is 0.454 e. The number of fused-ring (bicyclic) bond motifs is 6. The smallest absolute Gasteiger partial charge is 0.408 e. The Balaban J connectivity index is 1.51. The lowest BCUT2D eigenvalue weighted by molar-refractivity contribution is -0.204. The van der Waals surface area contributed by atoms with E-state index in [0.29, 0.717) is 36.6 Å². The highest BCUT2D eigenvalue weighted by molar-refractivity contribution is 6.42. The molecule has 0 radical (unpaired) electrons. The zero-order valence-electron chi connectivity index (χ0n) is 17.5. The van der Waals surface area contributed by atoms with Crippen LogP contribution in [-0.4, -0.2) is 47.5 Å². The molecule has 0 aromatic heterocycles. The molecule has 1 saturated heterocycles. The van der Waals surface area contributed by atoms with Gasteiger partial charge in [-0.05, 0) is 74.9 Å². The first-order chi connectivity index (χ1) is 13.2. The predicted octanol–water partition coefficient (Wildman–Crippen LogP) is 2.83. The lowest BCUT2D eigenvalue weighted by Crippen LogP contribution is -2.66. The summed E-state index contributed by atoms with van der Waals surface area (Å²) in [6.07, 6.45) is 6.32. The van der Waals surface area contributed by atoms with E-state index in [4.69, 9.17) is 9.31 Å². The van der Waals surface area contributed by atoms with Crippen LogP contribution in [0.4, 0.5) is 0 Å². The molecule has 0 aromatic rings. The number of carbonyl (C=O) groups is 1. The van der Waals surface area contributed by atoms with Crippen molar-refractivity contribution in [2.24, 2.45) is 34.5 Å². The summed E-state index contributed by atoms with van der Waals surface area (Å²) < 4.78 is 11.9. The summed E-state index contributed by atoms with van der Waals surface area (Å²) in [6.45, 7) is 6.73. The summed E-state index contributed by atoms with van der Waals surface area (Å²) in [5.74, 6) is 1.76. The summed E-state index contributed by atoms with van der Waals surface area (Å²) in [5, 5.41) is 21.1. The fourth-order valence-corrected chi connectivity index (χ4v) is 8.58. The summed E-state index contributed by atoms with van der Waals surface area (Å²) in [6, 6.07) is 0. The molecule has 9 unspecified atom stereocenters. The Morgan fingerprint density at radius 3 is 2.68 bits per heavy atom. The molecule has 6 heteroatoms. The number of hydrogen-bond acceptors (Lipinski definition) is 5. The number of aliphatic hydroxyl groups is 2. The van der Waals surface area contributed by atoms with E-state index in [1.54, 1.807) is 0 Å². The van der Waals surface area contributed by atoms with Crippen molar-refractivity contribution >= 4 is 12.9 Å².